The fourth-order valence-corrected chi connectivity index (χ4v) is 5.81. The molecule has 2 aliphatic heterocycles. The predicted octanol–water partition coefficient (Wildman–Crippen LogP) is 4.30. The molecule has 2 aromatic heterocycles. The molecule has 3 aromatic rings. The van der Waals surface area contributed by atoms with Crippen molar-refractivity contribution in [3.63, 3.8) is 0 Å². The molecule has 188 valence electrons. The monoisotopic (exact) mass is 505 g/mol. The van der Waals surface area contributed by atoms with E-state index in [-0.39, 0.29) is 17.7 Å². The molecule has 0 amide bonds. The van der Waals surface area contributed by atoms with E-state index in [2.05, 4.69) is 40.0 Å². The summed E-state index contributed by atoms with van der Waals surface area (Å²) in [4.78, 5) is 17.4. The van der Waals surface area contributed by atoms with Gasteiger partial charge in [-0.1, -0.05) is 48.2 Å². The minimum Gasteiger partial charge on any atom is -0.481 e. The third-order valence-electron chi connectivity index (χ3n) is 6.46. The van der Waals surface area contributed by atoms with Crippen LogP contribution in [0.2, 0.25) is 0 Å². The molecule has 0 saturated heterocycles. The molecule has 0 bridgehead atoms. The van der Waals surface area contributed by atoms with Crippen LogP contribution in [-0.4, -0.2) is 39.0 Å². The number of hydrogen-bond acceptors (Lipinski definition) is 7. The zero-order valence-electron chi connectivity index (χ0n) is 20.3. The van der Waals surface area contributed by atoms with Crippen LogP contribution in [0.5, 0.6) is 5.88 Å². The highest BCUT2D eigenvalue weighted by atomic mass is 32.2. The Hall–Kier alpha value is -3.46. The van der Waals surface area contributed by atoms with Gasteiger partial charge in [0.25, 0.3) is 0 Å². The number of thioether (sulfide) groups is 1. The molecule has 0 aliphatic carbocycles. The number of aryl methyl sites for hydroxylation is 2. The van der Waals surface area contributed by atoms with Gasteiger partial charge >= 0.3 is 5.97 Å². The highest BCUT2D eigenvalue weighted by molar-refractivity contribution is 8.03. The number of pyridine rings is 1. The molecule has 0 fully saturated rings. The van der Waals surface area contributed by atoms with Crippen molar-refractivity contribution in [2.75, 3.05) is 18.5 Å². The first-order valence-electron chi connectivity index (χ1n) is 12.3. The molecule has 0 radical (unpaired) electrons. The van der Waals surface area contributed by atoms with Gasteiger partial charge in [-0.05, 0) is 36.5 Å². The molecule has 3 N–H and O–H groups in total. The topological polar surface area (TPSA) is 101 Å². The number of hydrogen-bond donors (Lipinski definition) is 3. The van der Waals surface area contributed by atoms with Gasteiger partial charge < -0.3 is 20.5 Å². The zero-order valence-corrected chi connectivity index (χ0v) is 21.1. The number of fused-ring (bicyclic) bond motifs is 1. The van der Waals surface area contributed by atoms with Crippen molar-refractivity contribution in [3.05, 3.63) is 82.2 Å². The van der Waals surface area contributed by atoms with Crippen LogP contribution in [0.3, 0.4) is 0 Å². The molecule has 0 spiro atoms. The average Bonchev–Trinajstić information content (AvgIpc) is 3.51. The van der Waals surface area contributed by atoms with E-state index in [9.17, 15) is 9.90 Å². The van der Waals surface area contributed by atoms with Crippen molar-refractivity contribution >= 4 is 23.5 Å². The van der Waals surface area contributed by atoms with Gasteiger partial charge in [0.2, 0.25) is 5.88 Å². The lowest BCUT2D eigenvalue weighted by Crippen LogP contribution is -2.14. The standard InChI is InChI=1S/C27H31N5O3S/c1-32-24(35-13-11-21-10-9-18-8-5-12-28-26(18)30-21)16-22(31-32)14-20(15-25(33)34)23-17-29-27(36-23)19-6-3-2-4-7-19/h2-4,6-7,9-10,16-17,20,27,29H,5,8,11-15H2,1H3,(H,28,30)(H,33,34). The molecule has 36 heavy (non-hydrogen) atoms. The van der Waals surface area contributed by atoms with Gasteiger partial charge in [-0.15, -0.1) is 0 Å². The summed E-state index contributed by atoms with van der Waals surface area (Å²) in [7, 11) is 1.85. The number of nitrogens with zero attached hydrogens (tertiary/aromatic N) is 3. The van der Waals surface area contributed by atoms with E-state index < -0.39 is 5.97 Å². The molecule has 5 rings (SSSR count). The van der Waals surface area contributed by atoms with E-state index in [1.807, 2.05) is 37.5 Å². The minimum atomic E-state index is -0.816. The highest BCUT2D eigenvalue weighted by Gasteiger charge is 2.28. The number of carboxylic acids is 1. The molecule has 8 nitrogen and oxygen atoms in total. The number of carboxylic acid groups (broad SMARTS) is 1. The highest BCUT2D eigenvalue weighted by Crippen LogP contribution is 2.42. The Bertz CT molecular complexity index is 1240. The van der Waals surface area contributed by atoms with E-state index in [0.717, 1.165) is 41.5 Å². The van der Waals surface area contributed by atoms with Crippen LogP contribution < -0.4 is 15.4 Å². The Morgan fingerprint density at radius 3 is 2.94 bits per heavy atom. The van der Waals surface area contributed by atoms with E-state index in [1.165, 1.54) is 11.1 Å². The van der Waals surface area contributed by atoms with Crippen LogP contribution in [0.25, 0.3) is 0 Å². The summed E-state index contributed by atoms with van der Waals surface area (Å²) in [5.41, 5.74) is 4.26. The summed E-state index contributed by atoms with van der Waals surface area (Å²) >= 11 is 1.67. The molecule has 0 saturated carbocycles. The van der Waals surface area contributed by atoms with Crippen LogP contribution in [0, 0.1) is 5.92 Å². The van der Waals surface area contributed by atoms with E-state index in [1.54, 1.807) is 16.4 Å². The summed E-state index contributed by atoms with van der Waals surface area (Å²) in [6.07, 6.45) is 5.46. The maximum Gasteiger partial charge on any atom is 0.303 e. The quantitative estimate of drug-likeness (QED) is 0.375. The first kappa shape index (κ1) is 24.2. The van der Waals surface area contributed by atoms with Crippen LogP contribution >= 0.6 is 11.8 Å². The number of anilines is 1. The van der Waals surface area contributed by atoms with Gasteiger partial charge in [0.15, 0.2) is 0 Å². The third-order valence-corrected chi connectivity index (χ3v) is 7.83. The van der Waals surface area contributed by atoms with Crippen molar-refractivity contribution in [1.29, 1.82) is 0 Å². The van der Waals surface area contributed by atoms with Crippen molar-refractivity contribution in [2.45, 2.75) is 37.5 Å². The smallest absolute Gasteiger partial charge is 0.303 e. The van der Waals surface area contributed by atoms with Crippen molar-refractivity contribution in [3.8, 4) is 5.88 Å². The van der Waals surface area contributed by atoms with Gasteiger partial charge in [0.05, 0.1) is 18.7 Å². The lowest BCUT2D eigenvalue weighted by atomic mass is 9.99. The molecule has 2 aliphatic rings. The SMILES string of the molecule is Cn1nc(CC(CC(=O)O)C2=CNC(c3ccccc3)S2)cc1OCCc1ccc2c(n1)NCCC2. The summed E-state index contributed by atoms with van der Waals surface area (Å²) in [6.45, 7) is 1.46. The van der Waals surface area contributed by atoms with Gasteiger partial charge in [0, 0.05) is 48.8 Å². The molecule has 4 heterocycles. The van der Waals surface area contributed by atoms with Gasteiger partial charge in [-0.3, -0.25) is 4.79 Å². The maximum atomic E-state index is 11.6. The number of nitrogens with one attached hydrogen (secondary N) is 2. The molecular weight excluding hydrogens is 474 g/mol. The third kappa shape index (κ3) is 5.84. The fraction of sp³-hybridized carbons (Fsp3) is 0.370. The Morgan fingerprint density at radius 1 is 1.25 bits per heavy atom. The van der Waals surface area contributed by atoms with E-state index >= 15 is 0 Å². The number of allylic oxidation sites excluding steroid dienone is 1. The lowest BCUT2D eigenvalue weighted by molar-refractivity contribution is -0.137. The van der Waals surface area contributed by atoms with Gasteiger partial charge in [0.1, 0.15) is 11.2 Å². The number of ether oxygens (including phenoxy) is 1. The molecule has 2 unspecified atom stereocenters. The number of aromatic nitrogens is 3. The Kier molecular flexibility index (Phi) is 7.46. The van der Waals surface area contributed by atoms with Crippen LogP contribution in [0.15, 0.2) is 59.6 Å². The first-order valence-corrected chi connectivity index (χ1v) is 13.2. The van der Waals surface area contributed by atoms with E-state index in [0.29, 0.717) is 25.3 Å². The Labute approximate surface area is 215 Å². The molecule has 2 atom stereocenters. The second kappa shape index (κ2) is 11.1. The molecule has 9 heteroatoms. The van der Waals surface area contributed by atoms with Crippen molar-refractivity contribution in [1.82, 2.24) is 20.1 Å². The zero-order chi connectivity index (χ0) is 24.9. The Morgan fingerprint density at radius 2 is 2.11 bits per heavy atom. The predicted molar refractivity (Wildman–Crippen MR) is 141 cm³/mol. The van der Waals surface area contributed by atoms with Crippen LogP contribution in [0.4, 0.5) is 5.82 Å². The molecule has 1 aromatic carbocycles. The number of benzene rings is 1. The number of rotatable bonds is 10. The average molecular weight is 506 g/mol. The second-order valence-corrected chi connectivity index (χ2v) is 10.3. The normalized spacial score (nSPS) is 17.5. The summed E-state index contributed by atoms with van der Waals surface area (Å²) in [5, 5.41) is 21.0. The van der Waals surface area contributed by atoms with Crippen LogP contribution in [-0.2, 0) is 31.1 Å². The largest absolute Gasteiger partial charge is 0.481 e. The van der Waals surface area contributed by atoms with Gasteiger partial charge in [-0.25, -0.2) is 9.67 Å². The summed E-state index contributed by atoms with van der Waals surface area (Å²) in [5.74, 6) is 0.686. The molecular formula is C27H31N5O3S. The first-order chi connectivity index (χ1) is 17.5. The maximum absolute atomic E-state index is 11.6. The van der Waals surface area contributed by atoms with Crippen molar-refractivity contribution < 1.29 is 14.6 Å². The number of aliphatic carboxylic acids is 1. The van der Waals surface area contributed by atoms with Gasteiger partial charge in [-0.2, -0.15) is 5.10 Å². The van der Waals surface area contributed by atoms with Crippen molar-refractivity contribution in [2.24, 2.45) is 13.0 Å². The van der Waals surface area contributed by atoms with E-state index in [4.69, 9.17) is 9.72 Å². The van der Waals surface area contributed by atoms with Crippen LogP contribution in [0.1, 0.15) is 40.7 Å². The minimum absolute atomic E-state index is 0.0484. The fourth-order valence-electron chi connectivity index (χ4n) is 4.61. The Balaban J connectivity index is 1.19. The second-order valence-electron chi connectivity index (χ2n) is 9.16. The summed E-state index contributed by atoms with van der Waals surface area (Å²) < 4.78 is 7.74. The summed E-state index contributed by atoms with van der Waals surface area (Å²) in [6, 6.07) is 16.3. The lowest BCUT2D eigenvalue weighted by Gasteiger charge is -2.17. The number of carbonyl (C=O) groups is 1.